The minimum absolute atomic E-state index is 0.179. The van der Waals surface area contributed by atoms with Crippen LogP contribution in [0.3, 0.4) is 0 Å². The second-order valence-electron chi connectivity index (χ2n) is 8.11. The maximum atomic E-state index is 12.7. The Balaban J connectivity index is 1.42. The number of esters is 1. The van der Waals surface area contributed by atoms with Crippen molar-refractivity contribution in [2.24, 2.45) is 0 Å². The van der Waals surface area contributed by atoms with Gasteiger partial charge in [0.05, 0.1) is 24.1 Å². The minimum atomic E-state index is -0.662. The van der Waals surface area contributed by atoms with Crippen molar-refractivity contribution in [3.63, 3.8) is 0 Å². The number of methoxy groups -OCH3 is 1. The van der Waals surface area contributed by atoms with Crippen molar-refractivity contribution >= 4 is 23.2 Å². The van der Waals surface area contributed by atoms with E-state index in [-0.39, 0.29) is 30.2 Å². The molecule has 2 aromatic heterocycles. The number of carbonyl (C=O) groups excluding carboxylic acids is 2. The molecule has 1 amide bonds. The van der Waals surface area contributed by atoms with Crippen LogP contribution in [0.15, 0.2) is 57.8 Å². The summed E-state index contributed by atoms with van der Waals surface area (Å²) in [6.45, 7) is 5.14. The number of rotatable bonds is 8. The number of nitrogens with one attached hydrogen (secondary N) is 1. The topological polar surface area (TPSA) is 121 Å². The van der Waals surface area contributed by atoms with Gasteiger partial charge in [0.25, 0.3) is 11.5 Å². The quantitative estimate of drug-likeness (QED) is 0.371. The maximum Gasteiger partial charge on any atom is 0.338 e. The van der Waals surface area contributed by atoms with Gasteiger partial charge in [0, 0.05) is 12.1 Å². The fourth-order valence-electron chi connectivity index (χ4n) is 3.51. The molecule has 0 atom stereocenters. The summed E-state index contributed by atoms with van der Waals surface area (Å²) in [4.78, 5) is 41.6. The molecule has 186 valence electrons. The monoisotopic (exact) mass is 491 g/mol. The van der Waals surface area contributed by atoms with Crippen molar-refractivity contribution in [1.82, 2.24) is 9.56 Å². The van der Waals surface area contributed by atoms with Gasteiger partial charge < -0.3 is 24.1 Å². The Bertz CT molecular complexity index is 1500. The summed E-state index contributed by atoms with van der Waals surface area (Å²) in [6.07, 6.45) is 0. The molecule has 36 heavy (non-hydrogen) atoms. The van der Waals surface area contributed by atoms with Crippen LogP contribution in [-0.4, -0.2) is 35.2 Å². The highest BCUT2D eigenvalue weighted by Gasteiger charge is 2.16. The van der Waals surface area contributed by atoms with E-state index in [9.17, 15) is 14.4 Å². The van der Waals surface area contributed by atoms with E-state index in [0.717, 1.165) is 15.7 Å². The standard InChI is InChI=1S/C26H25N3O7/c1-15-6-5-7-21(17(15)3)34-14-24(30)28-20-11-18(8-9-22(20)33-4)26(32)35-13-19-12-25(31)29-23(27-19)10-16(2)36-29/h5-12H,13-14H2,1-4H3,(H,28,30). The van der Waals surface area contributed by atoms with Crippen LogP contribution < -0.4 is 20.3 Å². The molecule has 0 unspecified atom stereocenters. The number of hydrogen-bond acceptors (Lipinski definition) is 8. The molecule has 0 aliphatic carbocycles. The van der Waals surface area contributed by atoms with E-state index >= 15 is 0 Å². The maximum absolute atomic E-state index is 12.7. The van der Waals surface area contributed by atoms with Crippen LogP contribution in [0, 0.1) is 20.8 Å². The number of carbonyl (C=O) groups is 2. The first-order valence-electron chi connectivity index (χ1n) is 11.1. The molecular weight excluding hydrogens is 466 g/mol. The van der Waals surface area contributed by atoms with Crippen LogP contribution in [0.25, 0.3) is 5.65 Å². The number of aromatic nitrogens is 2. The summed E-state index contributed by atoms with van der Waals surface area (Å²) >= 11 is 0. The Kier molecular flexibility index (Phi) is 7.05. The number of nitrogens with zero attached hydrogens (tertiary/aromatic N) is 2. The van der Waals surface area contributed by atoms with Gasteiger partial charge in [-0.2, -0.15) is 0 Å². The fourth-order valence-corrected chi connectivity index (χ4v) is 3.51. The Morgan fingerprint density at radius 3 is 2.64 bits per heavy atom. The van der Waals surface area contributed by atoms with Gasteiger partial charge in [-0.25, -0.2) is 9.78 Å². The molecule has 0 aliphatic heterocycles. The predicted molar refractivity (Wildman–Crippen MR) is 131 cm³/mol. The van der Waals surface area contributed by atoms with E-state index in [1.54, 1.807) is 25.1 Å². The Labute approximate surface area is 206 Å². The lowest BCUT2D eigenvalue weighted by Crippen LogP contribution is -2.21. The number of fused-ring (bicyclic) bond motifs is 1. The van der Waals surface area contributed by atoms with Gasteiger partial charge in [-0.05, 0) is 56.2 Å². The molecule has 0 saturated heterocycles. The number of ether oxygens (including phenoxy) is 3. The smallest absolute Gasteiger partial charge is 0.338 e. The zero-order chi connectivity index (χ0) is 25.8. The summed E-state index contributed by atoms with van der Waals surface area (Å²) in [5.74, 6) is 0.424. The van der Waals surface area contributed by atoms with Gasteiger partial charge in [-0.3, -0.25) is 9.59 Å². The number of benzene rings is 2. The summed E-state index contributed by atoms with van der Waals surface area (Å²) in [7, 11) is 1.45. The molecule has 4 aromatic rings. The molecular formula is C26H25N3O7. The summed E-state index contributed by atoms with van der Waals surface area (Å²) in [5, 5.41) is 2.70. The van der Waals surface area contributed by atoms with Gasteiger partial charge >= 0.3 is 5.97 Å². The third kappa shape index (κ3) is 5.38. The van der Waals surface area contributed by atoms with E-state index in [1.807, 2.05) is 26.0 Å². The Morgan fingerprint density at radius 1 is 1.06 bits per heavy atom. The first-order valence-corrected chi connectivity index (χ1v) is 11.1. The molecule has 2 heterocycles. The van der Waals surface area contributed by atoms with Crippen molar-refractivity contribution in [3.05, 3.63) is 87.0 Å². The van der Waals surface area contributed by atoms with Gasteiger partial charge in [-0.1, -0.05) is 12.1 Å². The number of aryl methyl sites for hydroxylation is 2. The normalized spacial score (nSPS) is 10.8. The Hall–Kier alpha value is -4.60. The van der Waals surface area contributed by atoms with Crippen LogP contribution in [-0.2, 0) is 16.1 Å². The molecule has 1 N–H and O–H groups in total. The van der Waals surface area contributed by atoms with Crippen LogP contribution in [0.4, 0.5) is 5.69 Å². The molecule has 2 aromatic carbocycles. The summed E-state index contributed by atoms with van der Waals surface area (Å²) in [5.41, 5.74) is 2.65. The molecule has 0 radical (unpaired) electrons. The second-order valence-corrected chi connectivity index (χ2v) is 8.11. The lowest BCUT2D eigenvalue weighted by Gasteiger charge is -2.13. The molecule has 0 bridgehead atoms. The average Bonchev–Trinajstić information content (AvgIpc) is 3.24. The van der Waals surface area contributed by atoms with Crippen molar-refractivity contribution in [2.45, 2.75) is 27.4 Å². The minimum Gasteiger partial charge on any atom is -0.495 e. The lowest BCUT2D eigenvalue weighted by molar-refractivity contribution is -0.118. The average molecular weight is 492 g/mol. The SMILES string of the molecule is COc1ccc(C(=O)OCc2cc(=O)n3oc(C)cc3n2)cc1NC(=O)COc1cccc(C)c1C. The molecule has 10 nitrogen and oxygen atoms in total. The third-order valence-electron chi connectivity index (χ3n) is 5.50. The first-order chi connectivity index (χ1) is 17.2. The molecule has 0 saturated carbocycles. The zero-order valence-corrected chi connectivity index (χ0v) is 20.3. The van der Waals surface area contributed by atoms with E-state index in [1.165, 1.54) is 25.3 Å². The molecule has 0 fully saturated rings. The number of amides is 1. The number of anilines is 1. The van der Waals surface area contributed by atoms with Gasteiger partial charge in [-0.15, -0.1) is 4.57 Å². The van der Waals surface area contributed by atoms with Crippen molar-refractivity contribution in [3.8, 4) is 11.5 Å². The molecule has 10 heteroatoms. The fraction of sp³-hybridized carbons (Fsp3) is 0.231. The van der Waals surface area contributed by atoms with Crippen molar-refractivity contribution < 1.29 is 28.3 Å². The lowest BCUT2D eigenvalue weighted by atomic mass is 10.1. The highest BCUT2D eigenvalue weighted by Crippen LogP contribution is 2.26. The van der Waals surface area contributed by atoms with Gasteiger partial charge in [0.2, 0.25) is 0 Å². The first kappa shape index (κ1) is 24.5. The van der Waals surface area contributed by atoms with Gasteiger partial charge in [0.1, 0.15) is 23.9 Å². The van der Waals surface area contributed by atoms with Crippen LogP contribution in [0.5, 0.6) is 11.5 Å². The van der Waals surface area contributed by atoms with E-state index < -0.39 is 17.4 Å². The van der Waals surface area contributed by atoms with Crippen LogP contribution in [0.1, 0.15) is 32.9 Å². The largest absolute Gasteiger partial charge is 0.495 e. The van der Waals surface area contributed by atoms with E-state index in [4.69, 9.17) is 18.7 Å². The third-order valence-corrected chi connectivity index (χ3v) is 5.50. The summed E-state index contributed by atoms with van der Waals surface area (Å²) < 4.78 is 22.6. The van der Waals surface area contributed by atoms with Crippen LogP contribution in [0.2, 0.25) is 0 Å². The van der Waals surface area contributed by atoms with Gasteiger partial charge in [0.15, 0.2) is 12.3 Å². The summed E-state index contributed by atoms with van der Waals surface area (Å²) in [6, 6.07) is 13.0. The molecule has 4 rings (SSSR count). The number of hydrogen-bond donors (Lipinski definition) is 1. The highest BCUT2D eigenvalue weighted by molar-refractivity contribution is 5.96. The zero-order valence-electron chi connectivity index (χ0n) is 20.3. The van der Waals surface area contributed by atoms with Crippen molar-refractivity contribution in [2.75, 3.05) is 19.0 Å². The van der Waals surface area contributed by atoms with E-state index in [2.05, 4.69) is 10.3 Å². The highest BCUT2D eigenvalue weighted by atomic mass is 16.5. The van der Waals surface area contributed by atoms with E-state index in [0.29, 0.717) is 22.9 Å². The van der Waals surface area contributed by atoms with Crippen LogP contribution >= 0.6 is 0 Å². The molecule has 0 spiro atoms. The molecule has 0 aliphatic rings. The predicted octanol–water partition coefficient (Wildman–Crippen LogP) is 3.60. The second kappa shape index (κ2) is 10.3. The van der Waals surface area contributed by atoms with Crippen molar-refractivity contribution in [1.29, 1.82) is 0 Å². The Morgan fingerprint density at radius 2 is 1.86 bits per heavy atom.